The SMILES string of the molecule is CCCC1CCCCN1C(CN)c1ccc(C)c(Cl)c1. The first kappa shape index (κ1) is 15.8. The van der Waals surface area contributed by atoms with Crippen molar-refractivity contribution < 1.29 is 0 Å². The van der Waals surface area contributed by atoms with Crippen LogP contribution < -0.4 is 5.73 Å². The second-order valence-electron chi connectivity index (χ2n) is 5.94. The first-order chi connectivity index (χ1) is 9.67. The van der Waals surface area contributed by atoms with E-state index in [0.717, 1.165) is 17.1 Å². The zero-order valence-electron chi connectivity index (χ0n) is 12.7. The predicted octanol–water partition coefficient (Wildman–Crippen LogP) is 4.30. The minimum atomic E-state index is 0.310. The van der Waals surface area contributed by atoms with E-state index >= 15 is 0 Å². The van der Waals surface area contributed by atoms with Crippen LogP contribution in [0, 0.1) is 6.92 Å². The van der Waals surface area contributed by atoms with Crippen molar-refractivity contribution in [3.05, 3.63) is 34.3 Å². The second-order valence-corrected chi connectivity index (χ2v) is 6.34. The van der Waals surface area contributed by atoms with E-state index in [1.54, 1.807) is 0 Å². The van der Waals surface area contributed by atoms with E-state index in [4.69, 9.17) is 17.3 Å². The highest BCUT2D eigenvalue weighted by Gasteiger charge is 2.28. The third-order valence-corrected chi connectivity index (χ3v) is 4.91. The molecule has 1 aliphatic rings. The van der Waals surface area contributed by atoms with Crippen LogP contribution in [-0.4, -0.2) is 24.0 Å². The number of hydrogen-bond acceptors (Lipinski definition) is 2. The lowest BCUT2D eigenvalue weighted by atomic mass is 9.93. The van der Waals surface area contributed by atoms with E-state index in [9.17, 15) is 0 Å². The number of nitrogens with two attached hydrogens (primary N) is 1. The maximum atomic E-state index is 6.29. The molecule has 1 heterocycles. The standard InChI is InChI=1S/C17H27ClN2/c1-3-6-15-7-4-5-10-20(15)17(12-19)14-9-8-13(2)16(18)11-14/h8-9,11,15,17H,3-7,10,12,19H2,1-2H3. The summed E-state index contributed by atoms with van der Waals surface area (Å²) < 4.78 is 0. The number of rotatable bonds is 5. The second kappa shape index (κ2) is 7.44. The Morgan fingerprint density at radius 2 is 2.20 bits per heavy atom. The van der Waals surface area contributed by atoms with Gasteiger partial charge in [0.25, 0.3) is 0 Å². The highest BCUT2D eigenvalue weighted by atomic mass is 35.5. The number of hydrogen-bond donors (Lipinski definition) is 1. The monoisotopic (exact) mass is 294 g/mol. The summed E-state index contributed by atoms with van der Waals surface area (Å²) in [6, 6.07) is 7.40. The van der Waals surface area contributed by atoms with Crippen LogP contribution >= 0.6 is 11.6 Å². The Labute approximate surface area is 128 Å². The summed E-state index contributed by atoms with van der Waals surface area (Å²) in [5.74, 6) is 0. The Kier molecular flexibility index (Phi) is 5.88. The normalized spacial score (nSPS) is 21.9. The number of benzene rings is 1. The maximum absolute atomic E-state index is 6.29. The Balaban J connectivity index is 2.22. The fraction of sp³-hybridized carbons (Fsp3) is 0.647. The van der Waals surface area contributed by atoms with Crippen molar-refractivity contribution in [3.8, 4) is 0 Å². The van der Waals surface area contributed by atoms with Gasteiger partial charge in [-0.05, 0) is 49.9 Å². The Bertz CT molecular complexity index is 431. The van der Waals surface area contributed by atoms with Crippen molar-refractivity contribution >= 4 is 11.6 Å². The molecular formula is C17H27ClN2. The summed E-state index contributed by atoms with van der Waals surface area (Å²) in [5.41, 5.74) is 8.50. The van der Waals surface area contributed by atoms with Gasteiger partial charge in [-0.1, -0.05) is 43.5 Å². The summed E-state index contributed by atoms with van der Waals surface area (Å²) in [5, 5.41) is 0.852. The Hall–Kier alpha value is -0.570. The van der Waals surface area contributed by atoms with E-state index in [2.05, 4.69) is 30.0 Å². The molecule has 20 heavy (non-hydrogen) atoms. The highest BCUT2D eigenvalue weighted by Crippen LogP contribution is 2.31. The zero-order chi connectivity index (χ0) is 14.5. The summed E-state index contributed by atoms with van der Waals surface area (Å²) in [7, 11) is 0. The third kappa shape index (κ3) is 3.55. The number of piperidine rings is 1. The highest BCUT2D eigenvalue weighted by molar-refractivity contribution is 6.31. The molecule has 2 N–H and O–H groups in total. The van der Waals surface area contributed by atoms with Crippen LogP contribution in [0.2, 0.25) is 5.02 Å². The molecule has 2 unspecified atom stereocenters. The molecule has 0 aromatic heterocycles. The van der Waals surface area contributed by atoms with Gasteiger partial charge in [0.1, 0.15) is 0 Å². The van der Waals surface area contributed by atoms with Gasteiger partial charge in [-0.15, -0.1) is 0 Å². The first-order valence-corrected chi connectivity index (χ1v) is 8.27. The molecule has 3 heteroatoms. The Morgan fingerprint density at radius 1 is 1.40 bits per heavy atom. The quantitative estimate of drug-likeness (QED) is 0.877. The van der Waals surface area contributed by atoms with Gasteiger partial charge in [0, 0.05) is 23.7 Å². The van der Waals surface area contributed by atoms with E-state index in [0.29, 0.717) is 18.6 Å². The third-order valence-electron chi connectivity index (χ3n) is 4.50. The van der Waals surface area contributed by atoms with E-state index < -0.39 is 0 Å². The number of nitrogens with zero attached hydrogens (tertiary/aromatic N) is 1. The molecule has 1 fully saturated rings. The van der Waals surface area contributed by atoms with Crippen LogP contribution in [0.15, 0.2) is 18.2 Å². The van der Waals surface area contributed by atoms with Crippen molar-refractivity contribution in [1.29, 1.82) is 0 Å². The molecule has 1 aromatic rings. The maximum Gasteiger partial charge on any atom is 0.0473 e. The molecule has 112 valence electrons. The number of aryl methyl sites for hydroxylation is 1. The first-order valence-electron chi connectivity index (χ1n) is 7.89. The van der Waals surface area contributed by atoms with E-state index in [1.165, 1.54) is 37.7 Å². The largest absolute Gasteiger partial charge is 0.329 e. The molecule has 2 atom stereocenters. The van der Waals surface area contributed by atoms with Crippen molar-refractivity contribution in [2.24, 2.45) is 5.73 Å². The summed E-state index contributed by atoms with van der Waals surface area (Å²) >= 11 is 6.29. The summed E-state index contributed by atoms with van der Waals surface area (Å²) in [4.78, 5) is 2.62. The van der Waals surface area contributed by atoms with E-state index in [1.807, 2.05) is 6.92 Å². The lowest BCUT2D eigenvalue weighted by Gasteiger charge is -2.41. The molecular weight excluding hydrogens is 268 g/mol. The van der Waals surface area contributed by atoms with Crippen LogP contribution in [0.1, 0.15) is 56.2 Å². The summed E-state index contributed by atoms with van der Waals surface area (Å²) in [6.45, 7) is 6.15. The fourth-order valence-electron chi connectivity index (χ4n) is 3.36. The van der Waals surface area contributed by atoms with Gasteiger partial charge in [0.2, 0.25) is 0 Å². The fourth-order valence-corrected chi connectivity index (χ4v) is 3.54. The van der Waals surface area contributed by atoms with Crippen LogP contribution in [-0.2, 0) is 0 Å². The Morgan fingerprint density at radius 3 is 2.85 bits per heavy atom. The minimum Gasteiger partial charge on any atom is -0.329 e. The van der Waals surface area contributed by atoms with Gasteiger partial charge in [-0.25, -0.2) is 0 Å². The van der Waals surface area contributed by atoms with E-state index in [-0.39, 0.29) is 0 Å². The molecule has 1 aromatic carbocycles. The number of likely N-dealkylation sites (tertiary alicyclic amines) is 1. The van der Waals surface area contributed by atoms with Gasteiger partial charge in [-0.3, -0.25) is 4.90 Å². The predicted molar refractivity (Wildman–Crippen MR) is 87.2 cm³/mol. The zero-order valence-corrected chi connectivity index (χ0v) is 13.5. The molecule has 0 spiro atoms. The topological polar surface area (TPSA) is 29.3 Å². The van der Waals surface area contributed by atoms with Crippen molar-refractivity contribution in [3.63, 3.8) is 0 Å². The average molecular weight is 295 g/mol. The van der Waals surface area contributed by atoms with Gasteiger partial charge < -0.3 is 5.73 Å². The van der Waals surface area contributed by atoms with Gasteiger partial charge in [0.15, 0.2) is 0 Å². The molecule has 1 aliphatic heterocycles. The molecule has 2 nitrogen and oxygen atoms in total. The molecule has 1 saturated heterocycles. The van der Waals surface area contributed by atoms with Crippen LogP contribution in [0.25, 0.3) is 0 Å². The summed E-state index contributed by atoms with van der Waals surface area (Å²) in [6.07, 6.45) is 6.47. The molecule has 2 rings (SSSR count). The molecule has 0 bridgehead atoms. The van der Waals surface area contributed by atoms with Crippen LogP contribution in [0.3, 0.4) is 0 Å². The number of halogens is 1. The molecule has 0 radical (unpaired) electrons. The van der Waals surface area contributed by atoms with Gasteiger partial charge in [-0.2, -0.15) is 0 Å². The lowest BCUT2D eigenvalue weighted by molar-refractivity contribution is 0.0913. The molecule has 0 saturated carbocycles. The minimum absolute atomic E-state index is 0.310. The van der Waals surface area contributed by atoms with Crippen molar-refractivity contribution in [2.75, 3.05) is 13.1 Å². The average Bonchev–Trinajstić information content (AvgIpc) is 2.45. The van der Waals surface area contributed by atoms with Gasteiger partial charge >= 0.3 is 0 Å². The van der Waals surface area contributed by atoms with Gasteiger partial charge in [0.05, 0.1) is 0 Å². The van der Waals surface area contributed by atoms with Crippen molar-refractivity contribution in [2.45, 2.75) is 58.0 Å². The van der Waals surface area contributed by atoms with Crippen LogP contribution in [0.4, 0.5) is 0 Å². The molecule has 0 aliphatic carbocycles. The molecule has 0 amide bonds. The lowest BCUT2D eigenvalue weighted by Crippen LogP contribution is -2.44. The van der Waals surface area contributed by atoms with Crippen molar-refractivity contribution in [1.82, 2.24) is 4.90 Å². The smallest absolute Gasteiger partial charge is 0.0473 e. The van der Waals surface area contributed by atoms with Crippen LogP contribution in [0.5, 0.6) is 0 Å².